The van der Waals surface area contributed by atoms with Crippen molar-refractivity contribution in [2.75, 3.05) is 13.2 Å². The number of nitrogens with zero attached hydrogens (tertiary/aromatic N) is 1. The summed E-state index contributed by atoms with van der Waals surface area (Å²) in [5.41, 5.74) is -1.98. The number of hydrogen-bond donors (Lipinski definition) is 2. The number of benzene rings is 1. The topological polar surface area (TPSA) is 181 Å². The zero-order valence-electron chi connectivity index (χ0n) is 18.9. The molecule has 0 saturated carbocycles. The molecule has 0 aliphatic carbocycles. The summed E-state index contributed by atoms with van der Waals surface area (Å²) in [6, 6.07) is 3.26. The number of nitro groups is 1. The molecule has 0 radical (unpaired) electrons. The lowest BCUT2D eigenvalue weighted by atomic mass is 9.82. The second-order valence-corrected chi connectivity index (χ2v) is 10.0. The largest absolute Gasteiger partial charge is 0.461 e. The summed E-state index contributed by atoms with van der Waals surface area (Å²) >= 11 is 0. The summed E-state index contributed by atoms with van der Waals surface area (Å²) in [4.78, 5) is 23.0. The fourth-order valence-corrected chi connectivity index (χ4v) is 4.88. The van der Waals surface area contributed by atoms with Gasteiger partial charge in [0, 0.05) is 4.92 Å². The lowest BCUT2D eigenvalue weighted by Gasteiger charge is -2.35. The maximum atomic E-state index is 12.5. The predicted octanol–water partition coefficient (Wildman–Crippen LogP) is -0.123. The summed E-state index contributed by atoms with van der Waals surface area (Å²) in [5.74, 6) is -2.72. The van der Waals surface area contributed by atoms with Crippen molar-refractivity contribution < 1.29 is 51.5 Å². The van der Waals surface area contributed by atoms with Gasteiger partial charge < -0.3 is 29.2 Å². The number of aliphatic hydroxyl groups excluding tert-OH is 1. The zero-order chi connectivity index (χ0) is 25.5. The SMILES string of the molecule is CCOC(=O)C([N+](=O)[O-])[C@@]1(O)[C@@H]([C@H](O)COS(=O)(=O)c2ccc(C)cc2)O[C@@H]2OC(C)(C)O[C@@H]21. The van der Waals surface area contributed by atoms with Crippen molar-refractivity contribution in [3.63, 3.8) is 0 Å². The minimum absolute atomic E-state index is 0.187. The van der Waals surface area contributed by atoms with Gasteiger partial charge in [-0.05, 0) is 39.8 Å². The highest BCUT2D eigenvalue weighted by Crippen LogP contribution is 2.46. The molecule has 2 N–H and O–H groups in total. The summed E-state index contributed by atoms with van der Waals surface area (Å²) in [6.07, 6.45) is -6.81. The predicted molar refractivity (Wildman–Crippen MR) is 111 cm³/mol. The molecule has 0 amide bonds. The van der Waals surface area contributed by atoms with Crippen LogP contribution in [-0.4, -0.2) is 84.8 Å². The van der Waals surface area contributed by atoms with Crippen molar-refractivity contribution in [1.82, 2.24) is 0 Å². The van der Waals surface area contributed by atoms with Gasteiger partial charge in [0.2, 0.25) is 5.60 Å². The minimum atomic E-state index is -4.32. The van der Waals surface area contributed by atoms with Gasteiger partial charge in [0.1, 0.15) is 12.2 Å². The highest BCUT2D eigenvalue weighted by Gasteiger charge is 2.73. The van der Waals surface area contributed by atoms with Gasteiger partial charge in [0.25, 0.3) is 10.1 Å². The molecule has 3 rings (SSSR count). The molecule has 2 aliphatic heterocycles. The van der Waals surface area contributed by atoms with E-state index < -0.39 is 69.6 Å². The summed E-state index contributed by atoms with van der Waals surface area (Å²) in [6.45, 7) is 4.94. The zero-order valence-corrected chi connectivity index (χ0v) is 19.8. The van der Waals surface area contributed by atoms with Crippen molar-refractivity contribution >= 4 is 16.1 Å². The smallest absolute Gasteiger partial charge is 0.385 e. The van der Waals surface area contributed by atoms with E-state index in [0.29, 0.717) is 0 Å². The molecule has 0 spiro atoms. The van der Waals surface area contributed by atoms with Crippen LogP contribution in [0.3, 0.4) is 0 Å². The first-order valence-corrected chi connectivity index (χ1v) is 11.8. The number of carbonyl (C=O) groups excluding carboxylic acids is 1. The number of hydrogen-bond acceptors (Lipinski definition) is 12. The second-order valence-electron chi connectivity index (χ2n) is 8.43. The van der Waals surface area contributed by atoms with Gasteiger partial charge in [-0.1, -0.05) is 17.7 Å². The van der Waals surface area contributed by atoms with Crippen molar-refractivity contribution in [2.24, 2.45) is 0 Å². The number of carbonyl (C=O) groups is 1. The van der Waals surface area contributed by atoms with Crippen molar-refractivity contribution in [2.45, 2.75) is 74.6 Å². The monoisotopic (exact) mass is 505 g/mol. The van der Waals surface area contributed by atoms with Crippen LogP contribution in [0.4, 0.5) is 0 Å². The lowest BCUT2D eigenvalue weighted by molar-refractivity contribution is -0.538. The second kappa shape index (κ2) is 9.45. The van der Waals surface area contributed by atoms with E-state index in [1.165, 1.54) is 32.9 Å². The van der Waals surface area contributed by atoms with Gasteiger partial charge in [-0.3, -0.25) is 14.3 Å². The highest BCUT2D eigenvalue weighted by molar-refractivity contribution is 7.86. The molecule has 1 unspecified atom stereocenters. The van der Waals surface area contributed by atoms with E-state index in [0.717, 1.165) is 5.56 Å². The molecular formula is C20H27NO12S. The average molecular weight is 505 g/mol. The molecule has 6 atom stereocenters. The third kappa shape index (κ3) is 4.93. The molecule has 14 heteroatoms. The average Bonchev–Trinajstić information content (AvgIpc) is 3.17. The summed E-state index contributed by atoms with van der Waals surface area (Å²) < 4.78 is 51.2. The van der Waals surface area contributed by atoms with Crippen LogP contribution in [0.15, 0.2) is 29.2 Å². The number of ether oxygens (including phenoxy) is 4. The van der Waals surface area contributed by atoms with Crippen LogP contribution in [0.2, 0.25) is 0 Å². The molecule has 0 bridgehead atoms. The minimum Gasteiger partial charge on any atom is -0.461 e. The third-order valence-corrected chi connectivity index (χ3v) is 6.76. The number of aliphatic hydroxyl groups is 2. The van der Waals surface area contributed by atoms with E-state index in [9.17, 15) is 33.5 Å². The molecule has 2 fully saturated rings. The Kier molecular flexibility index (Phi) is 7.34. The molecule has 2 heterocycles. The number of aryl methyl sites for hydroxylation is 1. The Morgan fingerprint density at radius 1 is 1.26 bits per heavy atom. The molecule has 2 aliphatic rings. The Morgan fingerprint density at radius 3 is 2.44 bits per heavy atom. The van der Waals surface area contributed by atoms with Crippen molar-refractivity contribution in [1.29, 1.82) is 0 Å². The van der Waals surface area contributed by atoms with Gasteiger partial charge >= 0.3 is 12.0 Å². The normalized spacial score (nSPS) is 29.9. The molecule has 190 valence electrons. The van der Waals surface area contributed by atoms with Crippen LogP contribution in [0.1, 0.15) is 26.3 Å². The van der Waals surface area contributed by atoms with E-state index in [4.69, 9.17) is 23.1 Å². The van der Waals surface area contributed by atoms with Crippen LogP contribution in [-0.2, 0) is 38.0 Å². The van der Waals surface area contributed by atoms with Gasteiger partial charge in [-0.25, -0.2) is 4.79 Å². The number of rotatable bonds is 9. The first-order valence-electron chi connectivity index (χ1n) is 10.4. The summed E-state index contributed by atoms with van der Waals surface area (Å²) in [5, 5.41) is 34.0. The molecule has 2 saturated heterocycles. The Balaban J connectivity index is 1.89. The van der Waals surface area contributed by atoms with Crippen molar-refractivity contribution in [3.05, 3.63) is 39.9 Å². The Labute approximate surface area is 195 Å². The molecule has 1 aromatic rings. The third-order valence-electron chi connectivity index (χ3n) is 5.46. The van der Waals surface area contributed by atoms with E-state index in [-0.39, 0.29) is 11.5 Å². The van der Waals surface area contributed by atoms with Crippen LogP contribution >= 0.6 is 0 Å². The lowest BCUT2D eigenvalue weighted by Crippen LogP contribution is -2.66. The van der Waals surface area contributed by atoms with Crippen LogP contribution < -0.4 is 0 Å². The van der Waals surface area contributed by atoms with E-state index in [1.807, 2.05) is 0 Å². The standard InChI is InChI=1S/C20H27NO12S/c1-5-29-17(23)14(21(25)26)20(24)15(31-18-16(20)32-19(3,4)33-18)13(22)10-30-34(27,28)12-8-6-11(2)7-9-12/h6-9,13-16,18,22,24H,5,10H2,1-4H3/t13-,14?,15-,16+,18-,20-/m1/s1. The first-order chi connectivity index (χ1) is 15.7. The molecule has 0 aromatic heterocycles. The first kappa shape index (κ1) is 26.4. The highest BCUT2D eigenvalue weighted by atomic mass is 32.2. The fraction of sp³-hybridized carbons (Fsp3) is 0.650. The van der Waals surface area contributed by atoms with Gasteiger partial charge in [-0.15, -0.1) is 0 Å². The molecule has 1 aromatic carbocycles. The van der Waals surface area contributed by atoms with Crippen LogP contribution in [0.5, 0.6) is 0 Å². The van der Waals surface area contributed by atoms with E-state index in [2.05, 4.69) is 0 Å². The summed E-state index contributed by atoms with van der Waals surface area (Å²) in [7, 11) is -4.32. The Hall–Kier alpha value is -2.20. The molecule has 13 nitrogen and oxygen atoms in total. The Bertz CT molecular complexity index is 1030. The number of fused-ring (bicyclic) bond motifs is 1. The van der Waals surface area contributed by atoms with Gasteiger partial charge in [0.05, 0.1) is 18.1 Å². The molecular weight excluding hydrogens is 478 g/mol. The van der Waals surface area contributed by atoms with Crippen molar-refractivity contribution in [3.8, 4) is 0 Å². The quantitative estimate of drug-likeness (QED) is 0.197. The maximum absolute atomic E-state index is 12.5. The number of esters is 1. The van der Waals surface area contributed by atoms with Crippen LogP contribution in [0, 0.1) is 17.0 Å². The van der Waals surface area contributed by atoms with Gasteiger partial charge in [-0.2, -0.15) is 8.42 Å². The Morgan fingerprint density at radius 2 is 1.88 bits per heavy atom. The van der Waals surface area contributed by atoms with Gasteiger partial charge in [0.15, 0.2) is 18.2 Å². The fourth-order valence-electron chi connectivity index (χ4n) is 3.95. The van der Waals surface area contributed by atoms with Crippen LogP contribution in [0.25, 0.3) is 0 Å². The van der Waals surface area contributed by atoms with E-state index in [1.54, 1.807) is 19.1 Å². The van der Waals surface area contributed by atoms with E-state index >= 15 is 0 Å². The molecule has 34 heavy (non-hydrogen) atoms. The maximum Gasteiger partial charge on any atom is 0.385 e.